The van der Waals surface area contributed by atoms with Gasteiger partial charge in [0.2, 0.25) is 5.76 Å². The molecule has 0 saturated heterocycles. The lowest BCUT2D eigenvalue weighted by molar-refractivity contribution is -0.123. The molecule has 0 aliphatic heterocycles. The number of benzene rings is 2. The molecule has 0 radical (unpaired) electrons. The quantitative estimate of drug-likeness (QED) is 0.643. The second kappa shape index (κ2) is 7.36. The van der Waals surface area contributed by atoms with E-state index in [1.807, 2.05) is 0 Å². The Kier molecular flexibility index (Phi) is 5.14. The van der Waals surface area contributed by atoms with Crippen LogP contribution in [0.1, 0.15) is 23.0 Å². The van der Waals surface area contributed by atoms with Crippen LogP contribution in [0.15, 0.2) is 40.8 Å². The van der Waals surface area contributed by atoms with Gasteiger partial charge in [-0.25, -0.2) is 13.6 Å². The molecular formula is C19H14ClF2NO4. The van der Waals surface area contributed by atoms with Crippen LogP contribution in [0.4, 0.5) is 14.5 Å². The Balaban J connectivity index is 1.73. The summed E-state index contributed by atoms with van der Waals surface area (Å²) < 4.78 is 37.6. The van der Waals surface area contributed by atoms with E-state index in [0.29, 0.717) is 16.5 Å². The number of ether oxygens (including phenoxy) is 1. The maximum atomic E-state index is 13.8. The van der Waals surface area contributed by atoms with Crippen LogP contribution in [0.2, 0.25) is 5.02 Å². The molecule has 0 fully saturated rings. The zero-order valence-corrected chi connectivity index (χ0v) is 15.1. The normalized spacial score (nSPS) is 12.0. The number of anilines is 1. The maximum absolute atomic E-state index is 13.8. The monoisotopic (exact) mass is 393 g/mol. The Morgan fingerprint density at radius 1 is 1.19 bits per heavy atom. The predicted octanol–water partition coefficient (Wildman–Crippen LogP) is 4.86. The van der Waals surface area contributed by atoms with Crippen molar-refractivity contribution in [2.24, 2.45) is 0 Å². The Labute approximate surface area is 157 Å². The number of nitrogens with one attached hydrogen (secondary N) is 1. The van der Waals surface area contributed by atoms with Gasteiger partial charge in [0, 0.05) is 16.0 Å². The van der Waals surface area contributed by atoms with Gasteiger partial charge in [-0.3, -0.25) is 4.79 Å². The third-order valence-corrected chi connectivity index (χ3v) is 4.16. The number of hydrogen-bond donors (Lipinski definition) is 1. The van der Waals surface area contributed by atoms with E-state index in [0.717, 1.165) is 6.07 Å². The Morgan fingerprint density at radius 2 is 1.93 bits per heavy atom. The van der Waals surface area contributed by atoms with Gasteiger partial charge in [0.25, 0.3) is 5.91 Å². The first kappa shape index (κ1) is 18.8. The molecule has 1 amide bonds. The first-order chi connectivity index (χ1) is 12.8. The van der Waals surface area contributed by atoms with Gasteiger partial charge in [-0.2, -0.15) is 0 Å². The van der Waals surface area contributed by atoms with Crippen LogP contribution in [-0.2, 0) is 9.53 Å². The van der Waals surface area contributed by atoms with Gasteiger partial charge < -0.3 is 14.5 Å². The van der Waals surface area contributed by atoms with E-state index in [1.165, 1.54) is 37.3 Å². The molecular weight excluding hydrogens is 380 g/mol. The molecule has 0 unspecified atom stereocenters. The Morgan fingerprint density at radius 3 is 2.63 bits per heavy atom. The van der Waals surface area contributed by atoms with Crippen molar-refractivity contribution < 1.29 is 27.5 Å². The van der Waals surface area contributed by atoms with Crippen molar-refractivity contribution in [2.45, 2.75) is 20.0 Å². The molecule has 0 spiro atoms. The van der Waals surface area contributed by atoms with Crippen molar-refractivity contribution in [2.75, 3.05) is 5.32 Å². The van der Waals surface area contributed by atoms with Gasteiger partial charge >= 0.3 is 5.97 Å². The number of fused-ring (bicyclic) bond motifs is 1. The summed E-state index contributed by atoms with van der Waals surface area (Å²) in [5, 5.41) is 2.93. The van der Waals surface area contributed by atoms with E-state index in [1.54, 1.807) is 6.92 Å². The average Bonchev–Trinajstić information content (AvgIpc) is 2.93. The lowest BCUT2D eigenvalue weighted by Gasteiger charge is -2.13. The minimum atomic E-state index is -1.23. The highest BCUT2D eigenvalue weighted by Crippen LogP contribution is 2.27. The molecule has 1 atom stereocenters. The summed E-state index contributed by atoms with van der Waals surface area (Å²) in [5.74, 6) is -2.94. The number of hydrogen-bond acceptors (Lipinski definition) is 4. The Hall–Kier alpha value is -2.93. The fourth-order valence-corrected chi connectivity index (χ4v) is 2.64. The van der Waals surface area contributed by atoms with E-state index < -0.39 is 29.6 Å². The number of carbonyl (C=O) groups is 2. The minimum absolute atomic E-state index is 0.0947. The molecule has 1 aromatic heterocycles. The third kappa shape index (κ3) is 3.93. The van der Waals surface area contributed by atoms with Crippen molar-refractivity contribution in [3.63, 3.8) is 0 Å². The Bertz CT molecular complexity index is 1050. The first-order valence-corrected chi connectivity index (χ1v) is 8.29. The highest BCUT2D eigenvalue weighted by molar-refractivity contribution is 6.30. The van der Waals surface area contributed by atoms with Crippen LogP contribution >= 0.6 is 11.6 Å². The minimum Gasteiger partial charge on any atom is -0.449 e. The van der Waals surface area contributed by atoms with Crippen LogP contribution in [0.5, 0.6) is 0 Å². The number of halogens is 3. The highest BCUT2D eigenvalue weighted by Gasteiger charge is 2.25. The van der Waals surface area contributed by atoms with Crippen LogP contribution in [-0.4, -0.2) is 18.0 Å². The number of esters is 1. The smallest absolute Gasteiger partial charge is 0.375 e. The average molecular weight is 394 g/mol. The molecule has 1 N–H and O–H groups in total. The lowest BCUT2D eigenvalue weighted by atomic mass is 10.1. The highest BCUT2D eigenvalue weighted by atomic mass is 35.5. The van der Waals surface area contributed by atoms with E-state index in [2.05, 4.69) is 5.32 Å². The van der Waals surface area contributed by atoms with E-state index in [9.17, 15) is 18.4 Å². The summed E-state index contributed by atoms with van der Waals surface area (Å²) >= 11 is 5.65. The van der Waals surface area contributed by atoms with Crippen LogP contribution < -0.4 is 5.32 Å². The molecule has 0 bridgehead atoms. The summed E-state index contributed by atoms with van der Waals surface area (Å²) in [7, 11) is 0. The molecule has 0 saturated carbocycles. The van der Waals surface area contributed by atoms with Crippen LogP contribution in [0.3, 0.4) is 0 Å². The molecule has 3 aromatic rings. The topological polar surface area (TPSA) is 68.5 Å². The van der Waals surface area contributed by atoms with Gasteiger partial charge in [0.15, 0.2) is 6.10 Å². The molecule has 0 aliphatic carbocycles. The molecule has 140 valence electrons. The second-order valence-corrected chi connectivity index (χ2v) is 6.29. The third-order valence-electron chi connectivity index (χ3n) is 3.93. The zero-order chi connectivity index (χ0) is 19.7. The van der Waals surface area contributed by atoms with Crippen molar-refractivity contribution in [1.82, 2.24) is 0 Å². The summed E-state index contributed by atoms with van der Waals surface area (Å²) in [6.45, 7) is 2.91. The summed E-state index contributed by atoms with van der Waals surface area (Å²) in [5.41, 5.74) is 0.620. The van der Waals surface area contributed by atoms with Gasteiger partial charge in [-0.05, 0) is 50.2 Å². The predicted molar refractivity (Wildman–Crippen MR) is 95.8 cm³/mol. The van der Waals surface area contributed by atoms with E-state index in [4.69, 9.17) is 20.8 Å². The summed E-state index contributed by atoms with van der Waals surface area (Å²) in [6.07, 6.45) is -1.23. The molecule has 8 heteroatoms. The molecule has 3 rings (SSSR count). The maximum Gasteiger partial charge on any atom is 0.375 e. The van der Waals surface area contributed by atoms with Gasteiger partial charge in [0.05, 0.1) is 5.69 Å². The van der Waals surface area contributed by atoms with Crippen molar-refractivity contribution >= 4 is 40.1 Å². The molecule has 27 heavy (non-hydrogen) atoms. The fraction of sp³-hybridized carbons (Fsp3) is 0.158. The fourth-order valence-electron chi connectivity index (χ4n) is 2.48. The molecule has 2 aromatic carbocycles. The standard InChI is InChI=1S/C19H14ClF2NO4/c1-9-13-8-12(21)4-6-16(13)27-17(9)19(25)26-10(2)18(24)23-15-5-3-11(20)7-14(15)22/h3-8,10H,1-2H3,(H,23,24)/t10-/m1/s1. The number of amides is 1. The number of carbonyl (C=O) groups excluding carboxylic acids is 2. The number of rotatable bonds is 4. The zero-order valence-electron chi connectivity index (χ0n) is 14.3. The number of furan rings is 1. The summed E-state index contributed by atoms with van der Waals surface area (Å²) in [6, 6.07) is 7.59. The van der Waals surface area contributed by atoms with Crippen molar-refractivity contribution in [1.29, 1.82) is 0 Å². The first-order valence-electron chi connectivity index (χ1n) is 7.92. The largest absolute Gasteiger partial charge is 0.449 e. The lowest BCUT2D eigenvalue weighted by Crippen LogP contribution is -2.30. The van der Waals surface area contributed by atoms with Crippen molar-refractivity contribution in [3.8, 4) is 0 Å². The van der Waals surface area contributed by atoms with Crippen LogP contribution in [0.25, 0.3) is 11.0 Å². The van der Waals surface area contributed by atoms with Gasteiger partial charge in [-0.1, -0.05) is 11.6 Å². The molecule has 0 aliphatic rings. The molecule has 1 heterocycles. The van der Waals surface area contributed by atoms with Gasteiger partial charge in [0.1, 0.15) is 17.2 Å². The summed E-state index contributed by atoms with van der Waals surface area (Å²) in [4.78, 5) is 24.5. The van der Waals surface area contributed by atoms with E-state index in [-0.39, 0.29) is 16.5 Å². The molecule has 5 nitrogen and oxygen atoms in total. The van der Waals surface area contributed by atoms with Crippen molar-refractivity contribution in [3.05, 3.63) is 64.4 Å². The number of aryl methyl sites for hydroxylation is 1. The van der Waals surface area contributed by atoms with E-state index >= 15 is 0 Å². The second-order valence-electron chi connectivity index (χ2n) is 5.86. The van der Waals surface area contributed by atoms with Gasteiger partial charge in [-0.15, -0.1) is 0 Å². The SMILES string of the molecule is Cc1c(C(=O)O[C@H](C)C(=O)Nc2ccc(Cl)cc2F)oc2ccc(F)cc12. The van der Waals surface area contributed by atoms with Crippen LogP contribution in [0, 0.1) is 18.6 Å².